The Hall–Kier alpha value is -1.34. The number of nitrogens with zero attached hydrogens (tertiary/aromatic N) is 3. The number of morpholine rings is 1. The number of carbonyl (C=O) groups excluding carboxylic acids is 1. The first-order valence-electron chi connectivity index (χ1n) is 9.33. The van der Waals surface area contributed by atoms with Gasteiger partial charge in [-0.15, -0.1) is 0 Å². The van der Waals surface area contributed by atoms with Crippen molar-refractivity contribution in [3.05, 3.63) is 0 Å². The number of methoxy groups -OCH3 is 1. The van der Waals surface area contributed by atoms with Gasteiger partial charge in [0.05, 0.1) is 26.2 Å². The maximum Gasteiger partial charge on any atom is 0.310 e. The highest BCUT2D eigenvalue weighted by Gasteiger charge is 2.37. The molecule has 0 spiro atoms. The largest absolute Gasteiger partial charge is 0.469 e. The van der Waals surface area contributed by atoms with Crippen LogP contribution in [0, 0.1) is 17.8 Å². The maximum absolute atomic E-state index is 11.9. The summed E-state index contributed by atoms with van der Waals surface area (Å²) in [5.41, 5.74) is 0. The van der Waals surface area contributed by atoms with E-state index in [-0.39, 0.29) is 17.8 Å². The van der Waals surface area contributed by atoms with Gasteiger partial charge in [-0.05, 0) is 11.8 Å². The number of esters is 1. The molecule has 7 heteroatoms. The molecule has 3 atom stereocenters. The number of likely N-dealkylation sites (tertiary alicyclic amines) is 1. The average Bonchev–Trinajstić information content (AvgIpc) is 3.00. The predicted octanol–water partition coefficient (Wildman–Crippen LogP) is 0.660. The maximum atomic E-state index is 11.9. The van der Waals surface area contributed by atoms with Crippen LogP contribution in [-0.4, -0.2) is 87.9 Å². The van der Waals surface area contributed by atoms with Gasteiger partial charge in [-0.2, -0.15) is 0 Å². The van der Waals surface area contributed by atoms with Crippen molar-refractivity contribution < 1.29 is 14.3 Å². The van der Waals surface area contributed by atoms with Crippen molar-refractivity contribution in [2.45, 2.75) is 26.8 Å². The van der Waals surface area contributed by atoms with Gasteiger partial charge in [0.15, 0.2) is 5.96 Å². The number of hydrogen-bond donors (Lipinski definition) is 1. The molecule has 0 aromatic rings. The number of nitrogens with one attached hydrogen (secondary N) is 1. The molecule has 0 aromatic heterocycles. The van der Waals surface area contributed by atoms with Crippen LogP contribution in [0.15, 0.2) is 4.99 Å². The molecule has 7 nitrogen and oxygen atoms in total. The molecule has 2 aliphatic rings. The zero-order valence-corrected chi connectivity index (χ0v) is 16.3. The Labute approximate surface area is 151 Å². The smallest absolute Gasteiger partial charge is 0.310 e. The summed E-state index contributed by atoms with van der Waals surface area (Å²) in [4.78, 5) is 21.0. The van der Waals surface area contributed by atoms with Crippen LogP contribution in [0.25, 0.3) is 0 Å². The van der Waals surface area contributed by atoms with Gasteiger partial charge in [-0.25, -0.2) is 0 Å². The van der Waals surface area contributed by atoms with Crippen LogP contribution in [-0.2, 0) is 14.3 Å². The fraction of sp³-hybridized carbons (Fsp3) is 0.889. The predicted molar refractivity (Wildman–Crippen MR) is 98.6 cm³/mol. The van der Waals surface area contributed by atoms with E-state index in [1.165, 1.54) is 7.11 Å². The van der Waals surface area contributed by atoms with Crippen LogP contribution >= 0.6 is 0 Å². The SMILES string of the molecule is CN=C(NCC(C(C)C)N1CCOCC1)N1CC(C)C(C(=O)OC)C1. The van der Waals surface area contributed by atoms with Crippen molar-refractivity contribution in [2.24, 2.45) is 22.7 Å². The number of carbonyl (C=O) groups is 1. The molecule has 2 rings (SSSR count). The molecule has 2 saturated heterocycles. The average molecular weight is 354 g/mol. The van der Waals surface area contributed by atoms with E-state index in [2.05, 4.69) is 40.9 Å². The highest BCUT2D eigenvalue weighted by atomic mass is 16.5. The quantitative estimate of drug-likeness (QED) is 0.444. The summed E-state index contributed by atoms with van der Waals surface area (Å²) in [5, 5.41) is 3.53. The Morgan fingerprint density at radius 2 is 2.00 bits per heavy atom. The molecule has 144 valence electrons. The Balaban J connectivity index is 1.93. The summed E-state index contributed by atoms with van der Waals surface area (Å²) in [7, 11) is 3.26. The summed E-state index contributed by atoms with van der Waals surface area (Å²) in [5.74, 6) is 1.48. The minimum absolute atomic E-state index is 0.0799. The van der Waals surface area contributed by atoms with Gasteiger partial charge >= 0.3 is 5.97 Å². The van der Waals surface area contributed by atoms with Gasteiger partial charge in [0, 0.05) is 45.8 Å². The first-order chi connectivity index (χ1) is 12.0. The first-order valence-corrected chi connectivity index (χ1v) is 9.33. The molecule has 2 fully saturated rings. The van der Waals surface area contributed by atoms with Gasteiger partial charge in [0.1, 0.15) is 0 Å². The standard InChI is InChI=1S/C18H34N4O3/c1-13(2)16(21-6-8-25-9-7-21)10-20-18(19-4)22-11-14(3)15(12-22)17(23)24-5/h13-16H,6-12H2,1-5H3,(H,19,20). The lowest BCUT2D eigenvalue weighted by Crippen LogP contribution is -2.53. The van der Waals surface area contributed by atoms with Crippen molar-refractivity contribution in [3.8, 4) is 0 Å². The Kier molecular flexibility index (Phi) is 7.50. The van der Waals surface area contributed by atoms with E-state index in [4.69, 9.17) is 9.47 Å². The third-order valence-corrected chi connectivity index (χ3v) is 5.38. The number of aliphatic imine (C=N–C) groups is 1. The molecule has 0 radical (unpaired) electrons. The van der Waals surface area contributed by atoms with Gasteiger partial charge in [-0.3, -0.25) is 14.7 Å². The Bertz CT molecular complexity index is 463. The molecule has 0 saturated carbocycles. The fourth-order valence-electron chi connectivity index (χ4n) is 3.82. The van der Waals surface area contributed by atoms with E-state index in [0.29, 0.717) is 18.5 Å². The lowest BCUT2D eigenvalue weighted by molar-refractivity contribution is -0.145. The zero-order valence-electron chi connectivity index (χ0n) is 16.3. The third kappa shape index (κ3) is 5.07. The summed E-state index contributed by atoms with van der Waals surface area (Å²) in [6.07, 6.45) is 0. The van der Waals surface area contributed by atoms with E-state index in [0.717, 1.165) is 45.4 Å². The molecule has 0 aliphatic carbocycles. The Morgan fingerprint density at radius 1 is 1.32 bits per heavy atom. The highest BCUT2D eigenvalue weighted by molar-refractivity contribution is 5.82. The number of hydrogen-bond acceptors (Lipinski definition) is 5. The number of guanidine groups is 1. The molecule has 0 bridgehead atoms. The van der Waals surface area contributed by atoms with Gasteiger partial charge in [0.2, 0.25) is 0 Å². The molecular formula is C18H34N4O3. The van der Waals surface area contributed by atoms with Crippen molar-refractivity contribution in [1.82, 2.24) is 15.1 Å². The summed E-state index contributed by atoms with van der Waals surface area (Å²) in [6, 6.07) is 0.442. The summed E-state index contributed by atoms with van der Waals surface area (Å²) >= 11 is 0. The summed E-state index contributed by atoms with van der Waals surface area (Å²) in [6.45, 7) is 12.5. The molecular weight excluding hydrogens is 320 g/mol. The second kappa shape index (κ2) is 9.38. The lowest BCUT2D eigenvalue weighted by Gasteiger charge is -2.37. The van der Waals surface area contributed by atoms with Crippen molar-refractivity contribution in [2.75, 3.05) is 60.1 Å². The van der Waals surface area contributed by atoms with Crippen molar-refractivity contribution >= 4 is 11.9 Å². The van der Waals surface area contributed by atoms with Crippen LogP contribution < -0.4 is 5.32 Å². The third-order valence-electron chi connectivity index (χ3n) is 5.38. The first kappa shape index (κ1) is 20.0. The van der Waals surface area contributed by atoms with Crippen LogP contribution in [0.2, 0.25) is 0 Å². The summed E-state index contributed by atoms with van der Waals surface area (Å²) < 4.78 is 10.4. The molecule has 25 heavy (non-hydrogen) atoms. The second-order valence-corrected chi connectivity index (χ2v) is 7.40. The fourth-order valence-corrected chi connectivity index (χ4v) is 3.82. The zero-order chi connectivity index (χ0) is 18.4. The normalized spacial score (nSPS) is 26.8. The second-order valence-electron chi connectivity index (χ2n) is 7.40. The van der Waals surface area contributed by atoms with Crippen molar-refractivity contribution in [3.63, 3.8) is 0 Å². The molecule has 2 aliphatic heterocycles. The Morgan fingerprint density at radius 3 is 2.56 bits per heavy atom. The molecule has 0 aromatic carbocycles. The van der Waals surface area contributed by atoms with Crippen molar-refractivity contribution in [1.29, 1.82) is 0 Å². The minimum atomic E-state index is -0.126. The molecule has 3 unspecified atom stereocenters. The van der Waals surface area contributed by atoms with Crippen LogP contribution in [0.4, 0.5) is 0 Å². The monoisotopic (exact) mass is 354 g/mol. The van der Waals surface area contributed by atoms with Crippen LogP contribution in [0.5, 0.6) is 0 Å². The number of rotatable bonds is 5. The lowest BCUT2D eigenvalue weighted by atomic mass is 9.99. The topological polar surface area (TPSA) is 66.4 Å². The number of ether oxygens (including phenoxy) is 2. The van der Waals surface area contributed by atoms with Gasteiger partial charge in [0.25, 0.3) is 0 Å². The highest BCUT2D eigenvalue weighted by Crippen LogP contribution is 2.24. The molecule has 1 N–H and O–H groups in total. The van der Waals surface area contributed by atoms with Gasteiger partial charge in [-0.1, -0.05) is 20.8 Å². The minimum Gasteiger partial charge on any atom is -0.469 e. The molecule has 2 heterocycles. The van der Waals surface area contributed by atoms with E-state index in [1.54, 1.807) is 7.05 Å². The van der Waals surface area contributed by atoms with Crippen LogP contribution in [0.1, 0.15) is 20.8 Å². The molecule has 0 amide bonds. The van der Waals surface area contributed by atoms with E-state index in [9.17, 15) is 4.79 Å². The van der Waals surface area contributed by atoms with E-state index < -0.39 is 0 Å². The van der Waals surface area contributed by atoms with E-state index >= 15 is 0 Å². The van der Waals surface area contributed by atoms with Gasteiger partial charge < -0.3 is 19.7 Å². The van der Waals surface area contributed by atoms with E-state index in [1.807, 2.05) is 0 Å². The van der Waals surface area contributed by atoms with Crippen LogP contribution in [0.3, 0.4) is 0 Å².